The fraction of sp³-hybridized carbons (Fsp3) is 0.0741. The van der Waals surface area contributed by atoms with Crippen molar-refractivity contribution in [3.8, 4) is 22.3 Å². The fourth-order valence-corrected chi connectivity index (χ4v) is 3.84. The summed E-state index contributed by atoms with van der Waals surface area (Å²) in [7, 11) is 0. The Morgan fingerprint density at radius 2 is 1.00 bits per heavy atom. The minimum atomic E-state index is 0.991. The van der Waals surface area contributed by atoms with Crippen molar-refractivity contribution in [2.75, 3.05) is 18.0 Å². The van der Waals surface area contributed by atoms with Crippen molar-refractivity contribution in [1.29, 1.82) is 0 Å². The molecule has 0 atom stereocenters. The van der Waals surface area contributed by atoms with Crippen LogP contribution in [-0.4, -0.2) is 24.0 Å². The SMILES string of the molecule is C1=[N+](c2ccc(-c3ccccc3)cc2)CCN1c1ccc(-c2ccccc2)cc1. The predicted octanol–water partition coefficient (Wildman–Crippen LogP) is 6.21. The van der Waals surface area contributed by atoms with Crippen LogP contribution in [0, 0.1) is 0 Å². The number of nitrogens with zero attached hydrogens (tertiary/aromatic N) is 2. The van der Waals surface area contributed by atoms with Gasteiger partial charge in [-0.1, -0.05) is 84.9 Å². The minimum absolute atomic E-state index is 0.991. The lowest BCUT2D eigenvalue weighted by Crippen LogP contribution is -2.17. The van der Waals surface area contributed by atoms with E-state index in [1.807, 2.05) is 0 Å². The van der Waals surface area contributed by atoms with Crippen LogP contribution in [0.4, 0.5) is 11.4 Å². The highest BCUT2D eigenvalue weighted by Gasteiger charge is 2.22. The van der Waals surface area contributed by atoms with E-state index in [0.717, 1.165) is 13.1 Å². The summed E-state index contributed by atoms with van der Waals surface area (Å²) in [5, 5.41) is 0. The first kappa shape index (κ1) is 17.4. The zero-order valence-corrected chi connectivity index (χ0v) is 16.3. The van der Waals surface area contributed by atoms with Crippen LogP contribution in [0.25, 0.3) is 22.3 Å². The molecule has 2 nitrogen and oxygen atoms in total. The molecular weight excluding hydrogens is 352 g/mol. The molecule has 2 heteroatoms. The maximum Gasteiger partial charge on any atom is 0.244 e. The maximum atomic E-state index is 2.32. The average molecular weight is 375 g/mol. The van der Waals surface area contributed by atoms with Gasteiger partial charge in [0.15, 0.2) is 0 Å². The Morgan fingerprint density at radius 3 is 1.55 bits per heavy atom. The molecule has 29 heavy (non-hydrogen) atoms. The number of anilines is 1. The van der Waals surface area contributed by atoms with Gasteiger partial charge in [0.2, 0.25) is 6.34 Å². The van der Waals surface area contributed by atoms with E-state index in [-0.39, 0.29) is 0 Å². The molecular formula is C27H23N2+. The average Bonchev–Trinajstić information content (AvgIpc) is 3.31. The molecule has 4 aromatic carbocycles. The summed E-state index contributed by atoms with van der Waals surface area (Å²) in [6, 6.07) is 38.7. The molecule has 0 aliphatic carbocycles. The summed E-state index contributed by atoms with van der Waals surface area (Å²) in [6.45, 7) is 1.98. The molecule has 140 valence electrons. The molecule has 0 unspecified atom stereocenters. The van der Waals surface area contributed by atoms with Crippen molar-refractivity contribution >= 4 is 17.7 Å². The molecule has 1 aliphatic rings. The van der Waals surface area contributed by atoms with Crippen LogP contribution in [0.2, 0.25) is 0 Å². The first-order valence-electron chi connectivity index (χ1n) is 10.1. The molecule has 0 saturated heterocycles. The molecule has 0 amide bonds. The fourth-order valence-electron chi connectivity index (χ4n) is 3.84. The van der Waals surface area contributed by atoms with Crippen molar-refractivity contribution in [1.82, 2.24) is 0 Å². The molecule has 1 heterocycles. The largest absolute Gasteiger partial charge is 0.244 e. The Balaban J connectivity index is 1.34. The van der Waals surface area contributed by atoms with Crippen molar-refractivity contribution in [2.24, 2.45) is 0 Å². The van der Waals surface area contributed by atoms with E-state index in [2.05, 4.69) is 125 Å². The quantitative estimate of drug-likeness (QED) is 0.384. The smallest absolute Gasteiger partial charge is 0.230 e. The second-order valence-electron chi connectivity index (χ2n) is 7.33. The lowest BCUT2D eigenvalue weighted by molar-refractivity contribution is -0.424. The standard InChI is InChI=1S/C27H23N2/c1-3-7-22(8-4-1)24-11-15-26(16-12-24)28-19-20-29(21-28)27-17-13-25(14-18-27)23-9-5-2-6-10-23/h1-18,21H,19-20H2/q+1. The first-order chi connectivity index (χ1) is 14.4. The Kier molecular flexibility index (Phi) is 4.67. The summed E-state index contributed by atoms with van der Waals surface area (Å²) in [5.41, 5.74) is 7.47. The lowest BCUT2D eigenvalue weighted by atomic mass is 10.1. The van der Waals surface area contributed by atoms with Crippen molar-refractivity contribution in [3.63, 3.8) is 0 Å². The van der Waals surface area contributed by atoms with E-state index in [9.17, 15) is 0 Å². The summed E-state index contributed by atoms with van der Waals surface area (Å²) < 4.78 is 2.32. The Labute approximate surface area is 172 Å². The Hall–Kier alpha value is -3.65. The monoisotopic (exact) mass is 375 g/mol. The second kappa shape index (κ2) is 7.76. The summed E-state index contributed by atoms with van der Waals surface area (Å²) in [4.78, 5) is 2.32. The van der Waals surface area contributed by atoms with Gasteiger partial charge in [0.1, 0.15) is 24.5 Å². The van der Waals surface area contributed by atoms with Gasteiger partial charge in [0.05, 0.1) is 0 Å². The van der Waals surface area contributed by atoms with Crippen molar-refractivity contribution < 1.29 is 4.58 Å². The topological polar surface area (TPSA) is 6.25 Å². The normalized spacial score (nSPS) is 13.4. The summed E-state index contributed by atoms with van der Waals surface area (Å²) >= 11 is 0. The molecule has 0 aromatic heterocycles. The highest BCUT2D eigenvalue weighted by Crippen LogP contribution is 2.26. The van der Waals surface area contributed by atoms with Gasteiger partial charge >= 0.3 is 0 Å². The number of hydrogen-bond acceptors (Lipinski definition) is 1. The van der Waals surface area contributed by atoms with Gasteiger partial charge in [-0.25, -0.2) is 9.48 Å². The van der Waals surface area contributed by atoms with E-state index in [1.165, 1.54) is 33.6 Å². The van der Waals surface area contributed by atoms with Gasteiger partial charge in [0.25, 0.3) is 0 Å². The molecule has 0 N–H and O–H groups in total. The van der Waals surface area contributed by atoms with E-state index in [1.54, 1.807) is 0 Å². The first-order valence-corrected chi connectivity index (χ1v) is 10.1. The summed E-state index contributed by atoms with van der Waals surface area (Å²) in [6.07, 6.45) is 2.22. The van der Waals surface area contributed by atoms with Gasteiger partial charge in [-0.15, -0.1) is 0 Å². The van der Waals surface area contributed by atoms with Crippen LogP contribution in [0.1, 0.15) is 0 Å². The second-order valence-corrected chi connectivity index (χ2v) is 7.33. The van der Waals surface area contributed by atoms with Gasteiger partial charge in [-0.3, -0.25) is 0 Å². The highest BCUT2D eigenvalue weighted by atomic mass is 15.3. The van der Waals surface area contributed by atoms with Crippen LogP contribution in [0.3, 0.4) is 0 Å². The van der Waals surface area contributed by atoms with E-state index >= 15 is 0 Å². The number of benzene rings is 4. The van der Waals surface area contributed by atoms with Crippen LogP contribution >= 0.6 is 0 Å². The summed E-state index contributed by atoms with van der Waals surface area (Å²) in [5.74, 6) is 0. The van der Waals surface area contributed by atoms with Crippen LogP contribution in [0.15, 0.2) is 109 Å². The molecule has 5 rings (SSSR count). The Morgan fingerprint density at radius 1 is 0.517 bits per heavy atom. The number of hydrogen-bond donors (Lipinski definition) is 0. The minimum Gasteiger partial charge on any atom is -0.230 e. The van der Waals surface area contributed by atoms with Crippen LogP contribution in [-0.2, 0) is 0 Å². The lowest BCUT2D eigenvalue weighted by Gasteiger charge is -2.07. The third kappa shape index (κ3) is 3.70. The highest BCUT2D eigenvalue weighted by molar-refractivity contribution is 5.79. The zero-order chi connectivity index (χ0) is 19.5. The molecule has 0 radical (unpaired) electrons. The molecule has 1 aliphatic heterocycles. The van der Waals surface area contributed by atoms with Crippen LogP contribution in [0.5, 0.6) is 0 Å². The van der Waals surface area contributed by atoms with Crippen molar-refractivity contribution in [3.05, 3.63) is 109 Å². The molecule has 0 saturated carbocycles. The molecule has 0 spiro atoms. The maximum absolute atomic E-state index is 2.32. The zero-order valence-electron chi connectivity index (χ0n) is 16.3. The molecule has 4 aromatic rings. The van der Waals surface area contributed by atoms with E-state index < -0.39 is 0 Å². The van der Waals surface area contributed by atoms with Crippen molar-refractivity contribution in [2.45, 2.75) is 0 Å². The Bertz CT molecular complexity index is 1110. The van der Waals surface area contributed by atoms with E-state index in [0.29, 0.717) is 0 Å². The van der Waals surface area contributed by atoms with Gasteiger partial charge in [-0.2, -0.15) is 0 Å². The van der Waals surface area contributed by atoms with Gasteiger partial charge in [-0.05, 0) is 46.5 Å². The van der Waals surface area contributed by atoms with Crippen LogP contribution < -0.4 is 4.90 Å². The van der Waals surface area contributed by atoms with Gasteiger partial charge < -0.3 is 0 Å². The third-order valence-corrected chi connectivity index (χ3v) is 5.47. The number of rotatable bonds is 4. The molecule has 0 bridgehead atoms. The molecule has 0 fully saturated rings. The third-order valence-electron chi connectivity index (χ3n) is 5.47. The predicted molar refractivity (Wildman–Crippen MR) is 122 cm³/mol. The van der Waals surface area contributed by atoms with E-state index in [4.69, 9.17) is 0 Å². The van der Waals surface area contributed by atoms with Gasteiger partial charge in [0, 0.05) is 0 Å².